The van der Waals surface area contributed by atoms with Crippen LogP contribution in [0.3, 0.4) is 0 Å². The second-order valence-electron chi connectivity index (χ2n) is 10.7. The summed E-state index contributed by atoms with van der Waals surface area (Å²) in [6, 6.07) is 8.66. The molecule has 0 fully saturated rings. The Kier molecular flexibility index (Phi) is 8.20. The van der Waals surface area contributed by atoms with E-state index in [1.54, 1.807) is 0 Å². The van der Waals surface area contributed by atoms with Crippen LogP contribution in [0.15, 0.2) is 24.3 Å². The molecule has 0 spiro atoms. The van der Waals surface area contributed by atoms with Crippen LogP contribution in [0.5, 0.6) is 5.75 Å². The first-order valence-electron chi connectivity index (χ1n) is 10.2. The number of hydrogen-bond acceptors (Lipinski definition) is 2. The lowest BCUT2D eigenvalue weighted by Crippen LogP contribution is -2.37. The van der Waals surface area contributed by atoms with Gasteiger partial charge < -0.3 is 9.47 Å². The van der Waals surface area contributed by atoms with Crippen molar-refractivity contribution in [3.8, 4) is 5.75 Å². The van der Waals surface area contributed by atoms with Crippen molar-refractivity contribution in [3.63, 3.8) is 0 Å². The number of hydrogen-bond donors (Lipinski definition) is 0. The van der Waals surface area contributed by atoms with E-state index in [-0.39, 0.29) is 17.1 Å². The zero-order valence-corrected chi connectivity index (χ0v) is 18.8. The van der Waals surface area contributed by atoms with E-state index in [1.165, 1.54) is 12.0 Å². The first-order valence-corrected chi connectivity index (χ1v) is 10.2. The molecular weight excluding hydrogens is 320 g/mol. The third-order valence-electron chi connectivity index (χ3n) is 4.46. The number of benzene rings is 1. The molecule has 0 aliphatic carbocycles. The monoisotopic (exact) mass is 362 g/mol. The second kappa shape index (κ2) is 9.26. The highest BCUT2D eigenvalue weighted by molar-refractivity contribution is 5.30. The highest BCUT2D eigenvalue weighted by Crippen LogP contribution is 2.33. The molecule has 2 nitrogen and oxygen atoms in total. The fourth-order valence-electron chi connectivity index (χ4n) is 3.00. The van der Waals surface area contributed by atoms with E-state index in [2.05, 4.69) is 93.5 Å². The van der Waals surface area contributed by atoms with Crippen molar-refractivity contribution >= 4 is 0 Å². The van der Waals surface area contributed by atoms with E-state index in [0.717, 1.165) is 5.75 Å². The first kappa shape index (κ1) is 23.0. The molecule has 0 bridgehead atoms. The average molecular weight is 363 g/mol. The zero-order chi connectivity index (χ0) is 20.1. The maximum absolute atomic E-state index is 6.23. The molecule has 0 aliphatic rings. The van der Waals surface area contributed by atoms with E-state index in [1.807, 2.05) is 0 Å². The molecule has 1 aromatic rings. The summed E-state index contributed by atoms with van der Waals surface area (Å²) < 4.78 is 12.3. The van der Waals surface area contributed by atoms with Gasteiger partial charge in [-0.05, 0) is 47.3 Å². The fourth-order valence-corrected chi connectivity index (χ4v) is 3.00. The van der Waals surface area contributed by atoms with Gasteiger partial charge in [0.1, 0.15) is 5.75 Å². The van der Waals surface area contributed by atoms with Crippen LogP contribution in [0.2, 0.25) is 0 Å². The molecule has 2 atom stereocenters. The summed E-state index contributed by atoms with van der Waals surface area (Å²) in [5, 5.41) is 0. The van der Waals surface area contributed by atoms with Crippen LogP contribution in [-0.2, 0) is 4.74 Å². The maximum Gasteiger partial charge on any atom is 0.204 e. The van der Waals surface area contributed by atoms with Crippen molar-refractivity contribution in [2.45, 2.75) is 87.9 Å². The maximum atomic E-state index is 6.23. The van der Waals surface area contributed by atoms with Crippen molar-refractivity contribution in [1.82, 2.24) is 0 Å². The van der Waals surface area contributed by atoms with Crippen LogP contribution in [0.4, 0.5) is 0 Å². The van der Waals surface area contributed by atoms with Crippen molar-refractivity contribution in [1.29, 1.82) is 0 Å². The van der Waals surface area contributed by atoms with Gasteiger partial charge in [0.25, 0.3) is 0 Å². The SMILES string of the molecule is CC(C)CC(c1ccc(OC(OCC(C)(C)C)C(C)(C)C)cc1)C(C)C. The molecule has 0 saturated heterocycles. The minimum absolute atomic E-state index is 0.0813. The fraction of sp³-hybridized carbons (Fsp3) is 0.750. The number of rotatable bonds is 8. The highest BCUT2D eigenvalue weighted by Gasteiger charge is 2.29. The smallest absolute Gasteiger partial charge is 0.204 e. The van der Waals surface area contributed by atoms with Gasteiger partial charge in [0.05, 0.1) is 6.61 Å². The van der Waals surface area contributed by atoms with Gasteiger partial charge >= 0.3 is 0 Å². The molecule has 0 saturated carbocycles. The highest BCUT2D eigenvalue weighted by atomic mass is 16.7. The Morgan fingerprint density at radius 1 is 0.846 bits per heavy atom. The largest absolute Gasteiger partial charge is 0.464 e. The molecule has 0 radical (unpaired) electrons. The van der Waals surface area contributed by atoms with Crippen LogP contribution >= 0.6 is 0 Å². The summed E-state index contributed by atoms with van der Waals surface area (Å²) in [7, 11) is 0. The van der Waals surface area contributed by atoms with Crippen molar-refractivity contribution < 1.29 is 9.47 Å². The molecule has 2 unspecified atom stereocenters. The minimum Gasteiger partial charge on any atom is -0.464 e. The van der Waals surface area contributed by atoms with Crippen molar-refractivity contribution in [3.05, 3.63) is 29.8 Å². The summed E-state index contributed by atoms with van der Waals surface area (Å²) in [5.41, 5.74) is 1.45. The van der Waals surface area contributed by atoms with Gasteiger partial charge in [0.15, 0.2) is 0 Å². The predicted octanol–water partition coefficient (Wildman–Crippen LogP) is 7.29. The lowest BCUT2D eigenvalue weighted by molar-refractivity contribution is -0.156. The Bertz CT molecular complexity index is 515. The molecule has 26 heavy (non-hydrogen) atoms. The Labute approximate surface area is 162 Å². The van der Waals surface area contributed by atoms with E-state index < -0.39 is 0 Å². The van der Waals surface area contributed by atoms with Crippen LogP contribution < -0.4 is 4.74 Å². The molecule has 0 amide bonds. The van der Waals surface area contributed by atoms with Crippen LogP contribution in [0.25, 0.3) is 0 Å². The summed E-state index contributed by atoms with van der Waals surface area (Å²) in [6.07, 6.45) is 0.959. The molecule has 1 aromatic carbocycles. The molecule has 2 heteroatoms. The molecule has 0 aromatic heterocycles. The lowest BCUT2D eigenvalue weighted by Gasteiger charge is -2.33. The Morgan fingerprint density at radius 2 is 1.38 bits per heavy atom. The molecular formula is C24H42O2. The van der Waals surface area contributed by atoms with Crippen molar-refractivity contribution in [2.75, 3.05) is 6.61 Å². The average Bonchev–Trinajstić information content (AvgIpc) is 2.47. The Balaban J connectivity index is 2.87. The molecule has 150 valence electrons. The predicted molar refractivity (Wildman–Crippen MR) is 113 cm³/mol. The molecule has 0 heterocycles. The quantitative estimate of drug-likeness (QED) is 0.452. The summed E-state index contributed by atoms with van der Waals surface area (Å²) in [6.45, 7) is 22.9. The number of ether oxygens (including phenoxy) is 2. The van der Waals surface area contributed by atoms with Gasteiger partial charge in [0.2, 0.25) is 6.29 Å². The lowest BCUT2D eigenvalue weighted by atomic mass is 9.82. The normalized spacial score (nSPS) is 15.4. The summed E-state index contributed by atoms with van der Waals surface area (Å²) in [5.74, 6) is 2.82. The van der Waals surface area contributed by atoms with E-state index >= 15 is 0 Å². The Hall–Kier alpha value is -1.02. The van der Waals surface area contributed by atoms with E-state index in [0.29, 0.717) is 24.4 Å². The zero-order valence-electron chi connectivity index (χ0n) is 18.8. The second-order valence-corrected chi connectivity index (χ2v) is 10.7. The topological polar surface area (TPSA) is 18.5 Å². The van der Waals surface area contributed by atoms with E-state index in [9.17, 15) is 0 Å². The van der Waals surface area contributed by atoms with Crippen LogP contribution in [0.1, 0.15) is 87.1 Å². The molecule has 0 N–H and O–H groups in total. The third-order valence-corrected chi connectivity index (χ3v) is 4.46. The van der Waals surface area contributed by atoms with Gasteiger partial charge in [0, 0.05) is 5.41 Å². The van der Waals surface area contributed by atoms with E-state index in [4.69, 9.17) is 9.47 Å². The molecule has 0 aliphatic heterocycles. The van der Waals surface area contributed by atoms with Gasteiger partial charge in [-0.3, -0.25) is 0 Å². The summed E-state index contributed by atoms with van der Waals surface area (Å²) >= 11 is 0. The third kappa shape index (κ3) is 8.12. The Morgan fingerprint density at radius 3 is 1.77 bits per heavy atom. The summed E-state index contributed by atoms with van der Waals surface area (Å²) in [4.78, 5) is 0. The molecule has 1 rings (SSSR count). The van der Waals surface area contributed by atoms with Gasteiger partial charge in [-0.25, -0.2) is 0 Å². The minimum atomic E-state index is -0.260. The van der Waals surface area contributed by atoms with Gasteiger partial charge in [-0.15, -0.1) is 0 Å². The van der Waals surface area contributed by atoms with Crippen LogP contribution in [-0.4, -0.2) is 12.9 Å². The van der Waals surface area contributed by atoms with Gasteiger partial charge in [-0.2, -0.15) is 0 Å². The van der Waals surface area contributed by atoms with Crippen molar-refractivity contribution in [2.24, 2.45) is 22.7 Å². The van der Waals surface area contributed by atoms with Crippen LogP contribution in [0, 0.1) is 22.7 Å². The standard InChI is InChI=1S/C24H42O2/c1-17(2)15-21(18(3)4)19-11-13-20(14-12-19)26-22(24(8,9)10)25-16-23(5,6)7/h11-14,17-18,21-22H,15-16H2,1-10H3. The first-order chi connectivity index (χ1) is 11.8. The van der Waals surface area contributed by atoms with Gasteiger partial charge in [-0.1, -0.05) is 81.4 Å².